The first kappa shape index (κ1) is 29.3. The Morgan fingerprint density at radius 2 is 1.52 bits per heavy atom. The molecule has 0 unspecified atom stereocenters. The first-order valence-corrected chi connectivity index (χ1v) is 15.3. The second-order valence-electron chi connectivity index (χ2n) is 10.8. The fourth-order valence-electron chi connectivity index (χ4n) is 5.19. The van der Waals surface area contributed by atoms with Gasteiger partial charge in [-0.25, -0.2) is 8.42 Å². The van der Waals surface area contributed by atoms with Gasteiger partial charge in [0.25, 0.3) is 10.0 Å². The number of aryl methyl sites for hydroxylation is 3. The topological polar surface area (TPSA) is 86.8 Å². The molecule has 0 saturated heterocycles. The normalized spacial score (nSPS) is 14.5. The van der Waals surface area contributed by atoms with Crippen LogP contribution in [0, 0.1) is 20.8 Å². The van der Waals surface area contributed by atoms with E-state index >= 15 is 0 Å². The molecule has 0 heterocycles. The molecule has 0 radical (unpaired) electrons. The molecule has 3 aromatic rings. The SMILES string of the molecule is Cc1ccc(S(=O)(=O)N(CC(=O)N(Cc2ccccc2)[C@@H](C)C(=O)NC2CCCC2)c2ccc(C)cc2C)cc1. The molecule has 1 fully saturated rings. The Morgan fingerprint density at radius 1 is 0.900 bits per heavy atom. The monoisotopic (exact) mass is 561 g/mol. The van der Waals surface area contributed by atoms with Gasteiger partial charge in [0.2, 0.25) is 11.8 Å². The van der Waals surface area contributed by atoms with Gasteiger partial charge in [-0.05, 0) is 69.9 Å². The fraction of sp³-hybridized carbons (Fsp3) is 0.375. The van der Waals surface area contributed by atoms with Crippen LogP contribution in [0.25, 0.3) is 0 Å². The van der Waals surface area contributed by atoms with E-state index in [4.69, 9.17) is 0 Å². The number of hydrogen-bond acceptors (Lipinski definition) is 4. The molecular weight excluding hydrogens is 522 g/mol. The molecule has 2 amide bonds. The summed E-state index contributed by atoms with van der Waals surface area (Å²) in [5.41, 5.74) is 3.95. The van der Waals surface area contributed by atoms with Gasteiger partial charge in [0.15, 0.2) is 0 Å². The third-order valence-corrected chi connectivity index (χ3v) is 9.35. The molecular formula is C32H39N3O4S. The third-order valence-electron chi connectivity index (χ3n) is 7.57. The van der Waals surface area contributed by atoms with Gasteiger partial charge in [-0.1, -0.05) is 78.6 Å². The van der Waals surface area contributed by atoms with E-state index in [2.05, 4.69) is 5.32 Å². The molecule has 1 atom stereocenters. The largest absolute Gasteiger partial charge is 0.352 e. The second kappa shape index (κ2) is 12.7. The highest BCUT2D eigenvalue weighted by molar-refractivity contribution is 7.92. The van der Waals surface area contributed by atoms with Gasteiger partial charge in [0, 0.05) is 12.6 Å². The number of nitrogens with zero attached hydrogens (tertiary/aromatic N) is 2. The number of hydrogen-bond donors (Lipinski definition) is 1. The zero-order valence-electron chi connectivity index (χ0n) is 23.8. The van der Waals surface area contributed by atoms with E-state index in [1.165, 1.54) is 9.21 Å². The van der Waals surface area contributed by atoms with Crippen molar-refractivity contribution in [1.29, 1.82) is 0 Å². The average molecular weight is 562 g/mol. The minimum atomic E-state index is -4.09. The summed E-state index contributed by atoms with van der Waals surface area (Å²) in [6.07, 6.45) is 4.02. The van der Waals surface area contributed by atoms with Crippen LogP contribution in [0.5, 0.6) is 0 Å². The van der Waals surface area contributed by atoms with Crippen molar-refractivity contribution < 1.29 is 18.0 Å². The number of carbonyl (C=O) groups excluding carboxylic acids is 2. The van der Waals surface area contributed by atoms with E-state index in [-0.39, 0.29) is 23.4 Å². The van der Waals surface area contributed by atoms with Crippen LogP contribution < -0.4 is 9.62 Å². The smallest absolute Gasteiger partial charge is 0.264 e. The predicted octanol–water partition coefficient (Wildman–Crippen LogP) is 5.28. The van der Waals surface area contributed by atoms with E-state index in [9.17, 15) is 18.0 Å². The van der Waals surface area contributed by atoms with Crippen LogP contribution in [0.4, 0.5) is 5.69 Å². The molecule has 0 aliphatic heterocycles. The lowest BCUT2D eigenvalue weighted by molar-refractivity contribution is -0.139. The Kier molecular flexibility index (Phi) is 9.30. The lowest BCUT2D eigenvalue weighted by Gasteiger charge is -2.33. The summed E-state index contributed by atoms with van der Waals surface area (Å²) in [5, 5.41) is 3.10. The van der Waals surface area contributed by atoms with Crippen LogP contribution >= 0.6 is 0 Å². The van der Waals surface area contributed by atoms with E-state index in [0.29, 0.717) is 5.69 Å². The molecule has 4 rings (SSSR count). The molecule has 1 saturated carbocycles. The molecule has 8 heteroatoms. The highest BCUT2D eigenvalue weighted by Gasteiger charge is 2.33. The fourth-order valence-corrected chi connectivity index (χ4v) is 6.67. The van der Waals surface area contributed by atoms with Crippen molar-refractivity contribution in [3.63, 3.8) is 0 Å². The van der Waals surface area contributed by atoms with Gasteiger partial charge in [0.05, 0.1) is 10.6 Å². The number of carbonyl (C=O) groups is 2. The number of sulfonamides is 1. The van der Waals surface area contributed by atoms with E-state index in [1.807, 2.05) is 63.2 Å². The van der Waals surface area contributed by atoms with Gasteiger partial charge >= 0.3 is 0 Å². The van der Waals surface area contributed by atoms with Gasteiger partial charge in [0.1, 0.15) is 12.6 Å². The number of nitrogens with one attached hydrogen (secondary N) is 1. The molecule has 1 N–H and O–H groups in total. The van der Waals surface area contributed by atoms with Crippen molar-refractivity contribution in [2.75, 3.05) is 10.8 Å². The van der Waals surface area contributed by atoms with Gasteiger partial charge in [-0.2, -0.15) is 0 Å². The Labute approximate surface area is 238 Å². The molecule has 1 aliphatic rings. The van der Waals surface area contributed by atoms with Crippen LogP contribution in [-0.4, -0.2) is 43.8 Å². The highest BCUT2D eigenvalue weighted by atomic mass is 32.2. The first-order valence-electron chi connectivity index (χ1n) is 13.9. The van der Waals surface area contributed by atoms with E-state index in [0.717, 1.165) is 47.9 Å². The van der Waals surface area contributed by atoms with Crippen LogP contribution in [0.1, 0.15) is 54.9 Å². The zero-order valence-corrected chi connectivity index (χ0v) is 24.6. The van der Waals surface area contributed by atoms with E-state index in [1.54, 1.807) is 37.3 Å². The van der Waals surface area contributed by atoms with Crippen LogP contribution in [0.15, 0.2) is 77.7 Å². The summed E-state index contributed by atoms with van der Waals surface area (Å²) >= 11 is 0. The summed E-state index contributed by atoms with van der Waals surface area (Å²) in [5.74, 6) is -0.677. The van der Waals surface area contributed by atoms with Gasteiger partial charge in [-0.15, -0.1) is 0 Å². The maximum absolute atomic E-state index is 14.1. The number of rotatable bonds is 10. The summed E-state index contributed by atoms with van der Waals surface area (Å²) in [6, 6.07) is 20.8. The molecule has 1 aliphatic carbocycles. The molecule has 212 valence electrons. The van der Waals surface area contributed by atoms with E-state index < -0.39 is 28.5 Å². The molecule has 0 spiro atoms. The molecule has 0 bridgehead atoms. The zero-order chi connectivity index (χ0) is 28.9. The van der Waals surface area contributed by atoms with Crippen LogP contribution in [0.2, 0.25) is 0 Å². The Balaban J connectivity index is 1.70. The van der Waals surface area contributed by atoms with Gasteiger partial charge < -0.3 is 10.2 Å². The lowest BCUT2D eigenvalue weighted by Crippen LogP contribution is -2.52. The number of amides is 2. The van der Waals surface area contributed by atoms with Crippen molar-refractivity contribution in [2.24, 2.45) is 0 Å². The molecule has 3 aromatic carbocycles. The van der Waals surface area contributed by atoms with Gasteiger partial charge in [-0.3, -0.25) is 13.9 Å². The van der Waals surface area contributed by atoms with Crippen LogP contribution in [-0.2, 0) is 26.2 Å². The highest BCUT2D eigenvalue weighted by Crippen LogP contribution is 2.28. The summed E-state index contributed by atoms with van der Waals surface area (Å²) < 4.78 is 29.2. The Morgan fingerprint density at radius 3 is 2.15 bits per heavy atom. The second-order valence-corrected chi connectivity index (χ2v) is 12.7. The van der Waals surface area contributed by atoms with Crippen molar-refractivity contribution >= 4 is 27.5 Å². The standard InChI is InChI=1S/C32H39N3O4S/c1-23-14-17-29(18-15-23)40(38,39)35(30-19-16-24(2)20-25(30)3)22-31(36)34(21-27-10-6-5-7-11-27)26(4)32(37)33-28-12-8-9-13-28/h5-7,10-11,14-20,26,28H,8-9,12-13,21-22H2,1-4H3,(H,33,37)/t26-/m0/s1. The number of benzene rings is 3. The van der Waals surface area contributed by atoms with Crippen LogP contribution in [0.3, 0.4) is 0 Å². The molecule has 40 heavy (non-hydrogen) atoms. The quantitative estimate of drug-likeness (QED) is 0.365. The summed E-state index contributed by atoms with van der Waals surface area (Å²) in [7, 11) is -4.09. The summed E-state index contributed by atoms with van der Waals surface area (Å²) in [6.45, 7) is 7.12. The van der Waals surface area contributed by atoms with Crippen molar-refractivity contribution in [2.45, 2.75) is 76.9 Å². The summed E-state index contributed by atoms with van der Waals surface area (Å²) in [4.78, 5) is 29.0. The Bertz CT molecular complexity index is 1430. The van der Waals surface area contributed by atoms with Crippen molar-refractivity contribution in [1.82, 2.24) is 10.2 Å². The number of anilines is 1. The molecule has 0 aromatic heterocycles. The predicted molar refractivity (Wildman–Crippen MR) is 158 cm³/mol. The third kappa shape index (κ3) is 6.91. The molecule has 7 nitrogen and oxygen atoms in total. The Hall–Kier alpha value is -3.65. The minimum absolute atomic E-state index is 0.104. The average Bonchev–Trinajstić information content (AvgIpc) is 3.44. The minimum Gasteiger partial charge on any atom is -0.352 e. The maximum atomic E-state index is 14.1. The van der Waals surface area contributed by atoms with Crippen molar-refractivity contribution in [3.05, 3.63) is 95.1 Å². The first-order chi connectivity index (χ1) is 19.1. The van der Waals surface area contributed by atoms with Crippen molar-refractivity contribution in [3.8, 4) is 0 Å². The lowest BCUT2D eigenvalue weighted by atomic mass is 10.1. The maximum Gasteiger partial charge on any atom is 0.264 e.